The fraction of sp³-hybridized carbons (Fsp3) is 0.200. The normalized spacial score (nSPS) is 13.1. The number of halogens is 1. The van der Waals surface area contributed by atoms with Gasteiger partial charge in [-0.1, -0.05) is 48.0 Å². The summed E-state index contributed by atoms with van der Waals surface area (Å²) in [7, 11) is -3.50. The maximum atomic E-state index is 12.8. The molecule has 0 fully saturated rings. The molecule has 0 bridgehead atoms. The van der Waals surface area contributed by atoms with Crippen LogP contribution < -0.4 is 5.73 Å². The molecule has 0 aliphatic heterocycles. The van der Waals surface area contributed by atoms with E-state index in [1.807, 2.05) is 30.3 Å². The van der Waals surface area contributed by atoms with Crippen molar-refractivity contribution in [3.63, 3.8) is 0 Å². The van der Waals surface area contributed by atoms with Gasteiger partial charge in [-0.25, -0.2) is 8.42 Å². The Balaban J connectivity index is 2.48. The zero-order valence-corrected chi connectivity index (χ0v) is 12.4. The van der Waals surface area contributed by atoms with Crippen LogP contribution >= 0.6 is 11.6 Å². The molecule has 20 heavy (non-hydrogen) atoms. The SMILES string of the molecule is NCCC(c1ccccc1)S(=O)(=O)c1cccc(Cl)c1. The number of sulfone groups is 1. The van der Waals surface area contributed by atoms with Crippen LogP contribution in [0.25, 0.3) is 0 Å². The van der Waals surface area contributed by atoms with Gasteiger partial charge in [0.1, 0.15) is 0 Å². The molecule has 0 aliphatic carbocycles. The second kappa shape index (κ2) is 6.39. The zero-order chi connectivity index (χ0) is 14.6. The Kier molecular flexibility index (Phi) is 4.81. The van der Waals surface area contributed by atoms with Crippen molar-refractivity contribution in [2.45, 2.75) is 16.6 Å². The number of hydrogen-bond donors (Lipinski definition) is 1. The lowest BCUT2D eigenvalue weighted by Crippen LogP contribution is -2.17. The van der Waals surface area contributed by atoms with Gasteiger partial charge in [0.2, 0.25) is 0 Å². The van der Waals surface area contributed by atoms with Gasteiger partial charge >= 0.3 is 0 Å². The minimum absolute atomic E-state index is 0.229. The first-order chi connectivity index (χ1) is 9.55. The van der Waals surface area contributed by atoms with Crippen LogP contribution in [0.15, 0.2) is 59.5 Å². The number of nitrogens with two attached hydrogens (primary N) is 1. The summed E-state index contributed by atoms with van der Waals surface area (Å²) in [5.41, 5.74) is 6.33. The van der Waals surface area contributed by atoms with Crippen molar-refractivity contribution in [2.75, 3.05) is 6.54 Å². The van der Waals surface area contributed by atoms with Crippen molar-refractivity contribution in [3.05, 3.63) is 65.2 Å². The van der Waals surface area contributed by atoms with Crippen LogP contribution in [0.3, 0.4) is 0 Å². The highest BCUT2D eigenvalue weighted by Crippen LogP contribution is 2.32. The molecule has 1 unspecified atom stereocenters. The summed E-state index contributed by atoms with van der Waals surface area (Å²) in [5.74, 6) is 0. The molecule has 2 aromatic carbocycles. The van der Waals surface area contributed by atoms with E-state index >= 15 is 0 Å². The molecule has 2 aromatic rings. The average Bonchev–Trinajstić information content (AvgIpc) is 2.45. The first-order valence-electron chi connectivity index (χ1n) is 6.30. The van der Waals surface area contributed by atoms with E-state index in [2.05, 4.69) is 0 Å². The van der Waals surface area contributed by atoms with Crippen LogP contribution in [0.2, 0.25) is 5.02 Å². The van der Waals surface area contributed by atoms with Crippen molar-refractivity contribution in [3.8, 4) is 0 Å². The van der Waals surface area contributed by atoms with E-state index < -0.39 is 15.1 Å². The number of rotatable bonds is 5. The van der Waals surface area contributed by atoms with Gasteiger partial charge in [0.05, 0.1) is 10.1 Å². The smallest absolute Gasteiger partial charge is 0.185 e. The monoisotopic (exact) mass is 309 g/mol. The fourth-order valence-corrected chi connectivity index (χ4v) is 4.23. The quantitative estimate of drug-likeness (QED) is 0.922. The van der Waals surface area contributed by atoms with Gasteiger partial charge in [0, 0.05) is 5.02 Å². The molecule has 0 saturated heterocycles. The van der Waals surface area contributed by atoms with Crippen LogP contribution in [0.4, 0.5) is 0 Å². The average molecular weight is 310 g/mol. The van der Waals surface area contributed by atoms with Crippen molar-refractivity contribution in [2.24, 2.45) is 5.73 Å². The van der Waals surface area contributed by atoms with Crippen LogP contribution in [0.5, 0.6) is 0 Å². The molecule has 5 heteroatoms. The summed E-state index contributed by atoms with van der Waals surface area (Å²) in [6.07, 6.45) is 0.374. The van der Waals surface area contributed by atoms with Gasteiger partial charge in [-0.05, 0) is 36.7 Å². The Labute approximate surface area is 124 Å². The summed E-state index contributed by atoms with van der Waals surface area (Å²) in [6, 6.07) is 15.5. The third-order valence-corrected chi connectivity index (χ3v) is 5.50. The summed E-state index contributed by atoms with van der Waals surface area (Å²) in [5, 5.41) is -0.238. The number of hydrogen-bond acceptors (Lipinski definition) is 3. The highest BCUT2D eigenvalue weighted by atomic mass is 35.5. The molecule has 0 radical (unpaired) electrons. The van der Waals surface area contributed by atoms with Gasteiger partial charge < -0.3 is 5.73 Å². The van der Waals surface area contributed by atoms with Crippen molar-refractivity contribution < 1.29 is 8.42 Å². The van der Waals surface area contributed by atoms with E-state index in [-0.39, 0.29) is 4.90 Å². The third-order valence-electron chi connectivity index (χ3n) is 3.10. The Morgan fingerprint density at radius 3 is 2.35 bits per heavy atom. The maximum Gasteiger partial charge on any atom is 0.185 e. The Morgan fingerprint density at radius 2 is 1.75 bits per heavy atom. The Hall–Kier alpha value is -1.36. The maximum absolute atomic E-state index is 12.8. The molecule has 0 amide bonds. The molecule has 3 nitrogen and oxygen atoms in total. The Morgan fingerprint density at radius 1 is 1.05 bits per heavy atom. The summed E-state index contributed by atoms with van der Waals surface area (Å²) in [4.78, 5) is 0.229. The molecule has 2 N–H and O–H groups in total. The van der Waals surface area contributed by atoms with Gasteiger partial charge in [0.25, 0.3) is 0 Å². The van der Waals surface area contributed by atoms with Crippen LogP contribution in [-0.4, -0.2) is 15.0 Å². The van der Waals surface area contributed by atoms with E-state index in [1.54, 1.807) is 18.2 Å². The van der Waals surface area contributed by atoms with Gasteiger partial charge in [-0.3, -0.25) is 0 Å². The topological polar surface area (TPSA) is 60.2 Å². The summed E-state index contributed by atoms with van der Waals surface area (Å²) < 4.78 is 25.5. The predicted molar refractivity (Wildman–Crippen MR) is 81.5 cm³/mol. The molecule has 0 spiro atoms. The van der Waals surface area contributed by atoms with Crippen molar-refractivity contribution in [1.82, 2.24) is 0 Å². The summed E-state index contributed by atoms with van der Waals surface area (Å²) >= 11 is 5.89. The Bertz CT molecular complexity index is 671. The highest BCUT2D eigenvalue weighted by molar-refractivity contribution is 7.91. The van der Waals surface area contributed by atoms with Crippen molar-refractivity contribution in [1.29, 1.82) is 0 Å². The lowest BCUT2D eigenvalue weighted by Gasteiger charge is -2.17. The molecule has 2 rings (SSSR count). The first kappa shape index (κ1) is 15.0. The highest BCUT2D eigenvalue weighted by Gasteiger charge is 2.28. The molecule has 0 aromatic heterocycles. The van der Waals surface area contributed by atoms with Gasteiger partial charge in [-0.2, -0.15) is 0 Å². The third kappa shape index (κ3) is 3.20. The van der Waals surface area contributed by atoms with Gasteiger partial charge in [-0.15, -0.1) is 0 Å². The standard InChI is InChI=1S/C15H16ClNO2S/c16-13-7-4-8-14(11-13)20(18,19)15(9-10-17)12-5-2-1-3-6-12/h1-8,11,15H,9-10,17H2. The second-order valence-electron chi connectivity index (χ2n) is 4.48. The molecule has 106 valence electrons. The van der Waals surface area contributed by atoms with Crippen LogP contribution in [0, 0.1) is 0 Å². The molecular weight excluding hydrogens is 294 g/mol. The predicted octanol–water partition coefficient (Wildman–Crippen LogP) is 3.20. The van der Waals surface area contributed by atoms with E-state index in [0.717, 1.165) is 5.56 Å². The summed E-state index contributed by atoms with van der Waals surface area (Å²) in [6.45, 7) is 0.305. The van der Waals surface area contributed by atoms with E-state index in [4.69, 9.17) is 17.3 Å². The molecule has 0 saturated carbocycles. The largest absolute Gasteiger partial charge is 0.330 e. The lowest BCUT2D eigenvalue weighted by atomic mass is 10.1. The van der Waals surface area contributed by atoms with E-state index in [0.29, 0.717) is 18.0 Å². The fourth-order valence-electron chi connectivity index (χ4n) is 2.13. The van der Waals surface area contributed by atoms with Crippen molar-refractivity contribution >= 4 is 21.4 Å². The zero-order valence-electron chi connectivity index (χ0n) is 10.9. The minimum atomic E-state index is -3.50. The van der Waals surface area contributed by atoms with E-state index in [1.165, 1.54) is 6.07 Å². The van der Waals surface area contributed by atoms with Gasteiger partial charge in [0.15, 0.2) is 9.84 Å². The lowest BCUT2D eigenvalue weighted by molar-refractivity contribution is 0.576. The molecule has 0 heterocycles. The first-order valence-corrected chi connectivity index (χ1v) is 8.22. The molecule has 1 atom stereocenters. The molecule has 0 aliphatic rings. The second-order valence-corrected chi connectivity index (χ2v) is 7.05. The number of benzene rings is 2. The van der Waals surface area contributed by atoms with E-state index in [9.17, 15) is 8.42 Å². The molecular formula is C15H16ClNO2S. The van der Waals surface area contributed by atoms with Crippen LogP contribution in [-0.2, 0) is 9.84 Å². The van der Waals surface area contributed by atoms with Crippen LogP contribution in [0.1, 0.15) is 17.2 Å². The minimum Gasteiger partial charge on any atom is -0.330 e.